The van der Waals surface area contributed by atoms with Crippen LogP contribution in [0.1, 0.15) is 38.3 Å². The highest BCUT2D eigenvalue weighted by molar-refractivity contribution is 6.36. The van der Waals surface area contributed by atoms with E-state index in [1.54, 1.807) is 13.2 Å². The minimum absolute atomic E-state index is 0.0200. The van der Waals surface area contributed by atoms with Crippen LogP contribution < -0.4 is 9.47 Å². The molecule has 1 aliphatic heterocycles. The van der Waals surface area contributed by atoms with E-state index in [0.717, 1.165) is 35.1 Å². The second kappa shape index (κ2) is 8.68. The van der Waals surface area contributed by atoms with E-state index in [9.17, 15) is 9.90 Å². The van der Waals surface area contributed by atoms with Crippen molar-refractivity contribution < 1.29 is 23.9 Å². The zero-order chi connectivity index (χ0) is 24.0. The molecule has 0 fully saturated rings. The van der Waals surface area contributed by atoms with Gasteiger partial charge < -0.3 is 23.7 Å². The molecule has 0 bridgehead atoms. The first kappa shape index (κ1) is 22.3. The molecule has 5 rings (SSSR count). The van der Waals surface area contributed by atoms with Gasteiger partial charge in [-0.3, -0.25) is 4.79 Å². The standard InChI is InChI=1S/C25H24ClN3O5/c1-13(2)33-19-7-5-16(11-20(19)32-3)25-27-24(28-34-25)15-4-6-18-17(10-15)22(26)23-14(12-21(30)31)8-9-29(18)23/h4-7,10-11,13-14H,8-9,12H2,1-3H3,(H,30,31). The van der Waals surface area contributed by atoms with E-state index in [-0.39, 0.29) is 18.4 Å². The molecular weight excluding hydrogens is 458 g/mol. The summed E-state index contributed by atoms with van der Waals surface area (Å²) in [7, 11) is 1.58. The number of ether oxygens (including phenoxy) is 2. The second-order valence-electron chi connectivity index (χ2n) is 8.62. The maximum Gasteiger partial charge on any atom is 0.304 e. The molecule has 0 spiro atoms. The number of methoxy groups -OCH3 is 1. The molecule has 2 aromatic heterocycles. The molecule has 1 atom stereocenters. The molecule has 0 radical (unpaired) electrons. The van der Waals surface area contributed by atoms with Gasteiger partial charge in [-0.2, -0.15) is 4.98 Å². The maximum atomic E-state index is 11.3. The average Bonchev–Trinajstić information content (AvgIpc) is 3.51. The number of rotatable bonds is 7. The van der Waals surface area contributed by atoms with Crippen LogP contribution in [0.2, 0.25) is 5.02 Å². The molecule has 34 heavy (non-hydrogen) atoms. The number of aliphatic carboxylic acids is 1. The van der Waals surface area contributed by atoms with Gasteiger partial charge in [-0.05, 0) is 56.7 Å². The van der Waals surface area contributed by atoms with Crippen molar-refractivity contribution in [1.29, 1.82) is 0 Å². The Morgan fingerprint density at radius 2 is 2.03 bits per heavy atom. The van der Waals surface area contributed by atoms with Crippen LogP contribution in [-0.4, -0.2) is 39.0 Å². The summed E-state index contributed by atoms with van der Waals surface area (Å²) in [6.07, 6.45) is 0.867. The monoisotopic (exact) mass is 481 g/mol. The number of hydrogen-bond donors (Lipinski definition) is 1. The van der Waals surface area contributed by atoms with Gasteiger partial charge >= 0.3 is 5.97 Å². The Hall–Kier alpha value is -3.52. The lowest BCUT2D eigenvalue weighted by molar-refractivity contribution is -0.137. The van der Waals surface area contributed by atoms with Crippen molar-refractivity contribution in [2.75, 3.05) is 7.11 Å². The number of carboxylic acids is 1. The van der Waals surface area contributed by atoms with Gasteiger partial charge in [0.2, 0.25) is 5.82 Å². The molecule has 0 saturated carbocycles. The Morgan fingerprint density at radius 3 is 2.76 bits per heavy atom. The molecule has 0 saturated heterocycles. The quantitative estimate of drug-likeness (QED) is 0.357. The molecule has 3 heterocycles. The average molecular weight is 482 g/mol. The summed E-state index contributed by atoms with van der Waals surface area (Å²) in [5.41, 5.74) is 3.34. The third kappa shape index (κ3) is 3.88. The number of carbonyl (C=O) groups is 1. The van der Waals surface area contributed by atoms with E-state index in [1.165, 1.54) is 0 Å². The number of hydrogen-bond acceptors (Lipinski definition) is 6. The van der Waals surface area contributed by atoms with Gasteiger partial charge in [0.25, 0.3) is 5.89 Å². The van der Waals surface area contributed by atoms with Crippen LogP contribution in [0.4, 0.5) is 0 Å². The van der Waals surface area contributed by atoms with Gasteiger partial charge in [-0.25, -0.2) is 0 Å². The highest BCUT2D eigenvalue weighted by atomic mass is 35.5. The van der Waals surface area contributed by atoms with Crippen molar-refractivity contribution in [1.82, 2.24) is 14.7 Å². The zero-order valence-electron chi connectivity index (χ0n) is 19.0. The molecule has 0 amide bonds. The van der Waals surface area contributed by atoms with Gasteiger partial charge in [-0.15, -0.1) is 0 Å². The fourth-order valence-electron chi connectivity index (χ4n) is 4.55. The number of aromatic nitrogens is 3. The predicted molar refractivity (Wildman–Crippen MR) is 128 cm³/mol. The SMILES string of the molecule is COc1cc(-c2nc(-c3ccc4c(c3)c(Cl)c3n4CCC3CC(=O)O)no2)ccc1OC(C)C. The summed E-state index contributed by atoms with van der Waals surface area (Å²) in [4.78, 5) is 15.8. The predicted octanol–water partition coefficient (Wildman–Crippen LogP) is 5.77. The topological polar surface area (TPSA) is 99.6 Å². The third-order valence-electron chi connectivity index (χ3n) is 6.01. The van der Waals surface area contributed by atoms with Crippen LogP contribution in [0, 0.1) is 0 Å². The van der Waals surface area contributed by atoms with Gasteiger partial charge in [0, 0.05) is 40.2 Å². The normalized spacial score (nSPS) is 15.1. The minimum Gasteiger partial charge on any atom is -0.493 e. The van der Waals surface area contributed by atoms with E-state index < -0.39 is 5.97 Å². The van der Waals surface area contributed by atoms with Gasteiger partial charge in [0.1, 0.15) is 0 Å². The highest BCUT2D eigenvalue weighted by Gasteiger charge is 2.30. The fraction of sp³-hybridized carbons (Fsp3) is 0.320. The van der Waals surface area contributed by atoms with Crippen molar-refractivity contribution in [2.24, 2.45) is 0 Å². The molecule has 176 valence electrons. The number of carboxylic acid groups (broad SMARTS) is 1. The first-order chi connectivity index (χ1) is 16.4. The molecule has 1 unspecified atom stereocenters. The third-order valence-corrected chi connectivity index (χ3v) is 6.40. The van der Waals surface area contributed by atoms with Crippen molar-refractivity contribution >= 4 is 28.5 Å². The number of aryl methyl sites for hydroxylation is 1. The first-order valence-corrected chi connectivity index (χ1v) is 11.5. The lowest BCUT2D eigenvalue weighted by Crippen LogP contribution is -2.06. The van der Waals surface area contributed by atoms with Crippen LogP contribution in [0.15, 0.2) is 40.9 Å². The summed E-state index contributed by atoms with van der Waals surface area (Å²) >= 11 is 6.72. The van der Waals surface area contributed by atoms with Crippen LogP contribution >= 0.6 is 11.6 Å². The van der Waals surface area contributed by atoms with E-state index in [2.05, 4.69) is 14.7 Å². The zero-order valence-corrected chi connectivity index (χ0v) is 19.8. The van der Waals surface area contributed by atoms with Crippen molar-refractivity contribution in [2.45, 2.75) is 45.3 Å². The summed E-state index contributed by atoms with van der Waals surface area (Å²) in [5.74, 6) is 1.11. The molecule has 1 aliphatic rings. The van der Waals surface area contributed by atoms with Crippen molar-refractivity contribution in [3.63, 3.8) is 0 Å². The van der Waals surface area contributed by atoms with E-state index >= 15 is 0 Å². The number of benzene rings is 2. The van der Waals surface area contributed by atoms with Gasteiger partial charge in [-0.1, -0.05) is 16.8 Å². The minimum atomic E-state index is -0.819. The maximum absolute atomic E-state index is 11.3. The van der Waals surface area contributed by atoms with Crippen molar-refractivity contribution in [3.05, 3.63) is 47.1 Å². The van der Waals surface area contributed by atoms with E-state index in [0.29, 0.717) is 33.8 Å². The number of halogens is 1. The Balaban J connectivity index is 1.48. The molecule has 4 aromatic rings. The van der Waals surface area contributed by atoms with Crippen LogP contribution in [0.3, 0.4) is 0 Å². The Kier molecular flexibility index (Phi) is 5.69. The first-order valence-electron chi connectivity index (χ1n) is 11.1. The van der Waals surface area contributed by atoms with E-state index in [1.807, 2.05) is 44.2 Å². The molecular formula is C25H24ClN3O5. The summed E-state index contributed by atoms with van der Waals surface area (Å²) in [6.45, 7) is 4.65. The molecule has 2 aromatic carbocycles. The van der Waals surface area contributed by atoms with Gasteiger partial charge in [0.15, 0.2) is 11.5 Å². The van der Waals surface area contributed by atoms with Crippen molar-refractivity contribution in [3.8, 4) is 34.3 Å². The molecule has 9 heteroatoms. The molecule has 1 N–H and O–H groups in total. The number of fused-ring (bicyclic) bond motifs is 3. The summed E-state index contributed by atoms with van der Waals surface area (Å²) < 4.78 is 18.9. The van der Waals surface area contributed by atoms with Gasteiger partial charge in [0.05, 0.1) is 24.7 Å². The van der Waals surface area contributed by atoms with E-state index in [4.69, 9.17) is 25.6 Å². The Morgan fingerprint density at radius 1 is 1.24 bits per heavy atom. The van der Waals surface area contributed by atoms with Crippen LogP contribution in [0.25, 0.3) is 33.7 Å². The molecule has 8 nitrogen and oxygen atoms in total. The summed E-state index contributed by atoms with van der Waals surface area (Å²) in [5, 5.41) is 14.9. The number of nitrogens with zero attached hydrogens (tertiary/aromatic N) is 3. The Bertz CT molecular complexity index is 1390. The molecule has 0 aliphatic carbocycles. The summed E-state index contributed by atoms with van der Waals surface area (Å²) in [6, 6.07) is 11.3. The lowest BCUT2D eigenvalue weighted by Gasteiger charge is -2.13. The van der Waals surface area contributed by atoms with Crippen LogP contribution in [0.5, 0.6) is 11.5 Å². The highest BCUT2D eigenvalue weighted by Crippen LogP contribution is 2.43. The smallest absolute Gasteiger partial charge is 0.304 e. The van der Waals surface area contributed by atoms with Crippen LogP contribution in [-0.2, 0) is 11.3 Å². The fourth-order valence-corrected chi connectivity index (χ4v) is 4.96. The lowest BCUT2D eigenvalue weighted by atomic mass is 10.00. The Labute approximate surface area is 201 Å². The second-order valence-corrected chi connectivity index (χ2v) is 9.00. The largest absolute Gasteiger partial charge is 0.493 e.